The van der Waals surface area contributed by atoms with Crippen molar-refractivity contribution in [3.05, 3.63) is 65.0 Å². The highest BCUT2D eigenvalue weighted by Gasteiger charge is 2.17. The zero-order valence-corrected chi connectivity index (χ0v) is 13.6. The molecule has 1 N–H and O–H groups in total. The Labute approximate surface area is 132 Å². The molecule has 2 aromatic rings. The van der Waals surface area contributed by atoms with Crippen LogP contribution in [0, 0.1) is 19.7 Å². The maximum Gasteiger partial charge on any atom is 0.238 e. The number of anilines is 1. The van der Waals surface area contributed by atoms with Crippen molar-refractivity contribution in [2.24, 2.45) is 0 Å². The molecule has 2 rings (SSSR count). The average Bonchev–Trinajstić information content (AvgIpc) is 2.44. The average molecular weight is 350 g/mol. The second-order valence-electron chi connectivity index (χ2n) is 5.07. The molecule has 0 aromatic heterocycles. The summed E-state index contributed by atoms with van der Waals surface area (Å²) in [6.07, 6.45) is 0.309. The first-order valence-corrected chi connectivity index (χ1v) is 7.64. The lowest BCUT2D eigenvalue weighted by atomic mass is 10.1. The SMILES string of the molecule is Cc1ccc(NC(=O)C(Br)Cc2ccccc2F)c(C)c1. The van der Waals surface area contributed by atoms with Gasteiger partial charge in [0.1, 0.15) is 5.82 Å². The fraction of sp³-hybridized carbons (Fsp3) is 0.235. The summed E-state index contributed by atoms with van der Waals surface area (Å²) < 4.78 is 13.6. The molecule has 110 valence electrons. The Morgan fingerprint density at radius 1 is 1.24 bits per heavy atom. The van der Waals surface area contributed by atoms with Crippen LogP contribution in [0.3, 0.4) is 0 Å². The molecule has 0 spiro atoms. The van der Waals surface area contributed by atoms with Gasteiger partial charge < -0.3 is 5.32 Å². The van der Waals surface area contributed by atoms with Crippen LogP contribution in [-0.4, -0.2) is 10.7 Å². The molecule has 0 saturated carbocycles. The Bertz CT molecular complexity index is 657. The molecule has 0 fully saturated rings. The van der Waals surface area contributed by atoms with Crippen LogP contribution in [0.5, 0.6) is 0 Å². The number of benzene rings is 2. The number of amides is 1. The first-order valence-electron chi connectivity index (χ1n) is 6.73. The van der Waals surface area contributed by atoms with Crippen LogP contribution in [0.1, 0.15) is 16.7 Å². The Hall–Kier alpha value is -1.68. The van der Waals surface area contributed by atoms with Crippen molar-refractivity contribution >= 4 is 27.5 Å². The van der Waals surface area contributed by atoms with Crippen molar-refractivity contribution < 1.29 is 9.18 Å². The van der Waals surface area contributed by atoms with Crippen molar-refractivity contribution in [2.75, 3.05) is 5.32 Å². The normalized spacial score (nSPS) is 12.0. The number of aryl methyl sites for hydroxylation is 2. The van der Waals surface area contributed by atoms with Gasteiger partial charge in [-0.05, 0) is 43.5 Å². The molecule has 2 nitrogen and oxygen atoms in total. The fourth-order valence-corrected chi connectivity index (χ4v) is 2.58. The van der Waals surface area contributed by atoms with Crippen molar-refractivity contribution in [2.45, 2.75) is 25.1 Å². The second kappa shape index (κ2) is 6.85. The predicted molar refractivity (Wildman–Crippen MR) is 87.4 cm³/mol. The van der Waals surface area contributed by atoms with Gasteiger partial charge in [0, 0.05) is 5.69 Å². The third-order valence-corrected chi connectivity index (χ3v) is 4.02. The molecule has 0 saturated heterocycles. The van der Waals surface area contributed by atoms with Gasteiger partial charge in [-0.3, -0.25) is 4.79 Å². The Balaban J connectivity index is 2.04. The quantitative estimate of drug-likeness (QED) is 0.815. The molecule has 0 bridgehead atoms. The minimum absolute atomic E-state index is 0.176. The van der Waals surface area contributed by atoms with Crippen molar-refractivity contribution in [3.8, 4) is 0 Å². The first kappa shape index (κ1) is 15.7. The lowest BCUT2D eigenvalue weighted by Crippen LogP contribution is -2.25. The Morgan fingerprint density at radius 3 is 2.62 bits per heavy atom. The van der Waals surface area contributed by atoms with Crippen molar-refractivity contribution in [3.63, 3.8) is 0 Å². The number of nitrogens with one attached hydrogen (secondary N) is 1. The molecule has 4 heteroatoms. The summed E-state index contributed by atoms with van der Waals surface area (Å²) in [5, 5.41) is 2.87. The lowest BCUT2D eigenvalue weighted by Gasteiger charge is -2.13. The zero-order valence-electron chi connectivity index (χ0n) is 12.0. The number of hydrogen-bond donors (Lipinski definition) is 1. The largest absolute Gasteiger partial charge is 0.325 e. The minimum atomic E-state index is -0.477. The molecular weight excluding hydrogens is 333 g/mol. The van der Waals surface area contributed by atoms with Gasteiger partial charge in [0.2, 0.25) is 5.91 Å². The van der Waals surface area contributed by atoms with Crippen LogP contribution in [0.25, 0.3) is 0 Å². The number of carbonyl (C=O) groups excluding carboxylic acids is 1. The Kier molecular flexibility index (Phi) is 5.12. The third kappa shape index (κ3) is 4.14. The van der Waals surface area contributed by atoms with Crippen molar-refractivity contribution in [1.29, 1.82) is 0 Å². The summed E-state index contributed by atoms with van der Waals surface area (Å²) in [7, 11) is 0. The van der Waals surface area contributed by atoms with E-state index < -0.39 is 4.83 Å². The molecule has 2 aromatic carbocycles. The molecule has 1 unspecified atom stereocenters. The van der Waals surface area contributed by atoms with Crippen LogP contribution < -0.4 is 5.32 Å². The van der Waals surface area contributed by atoms with Gasteiger partial charge in [-0.2, -0.15) is 0 Å². The lowest BCUT2D eigenvalue weighted by molar-refractivity contribution is -0.115. The Morgan fingerprint density at radius 2 is 1.95 bits per heavy atom. The monoisotopic (exact) mass is 349 g/mol. The van der Waals surface area contributed by atoms with Gasteiger partial charge in [-0.15, -0.1) is 0 Å². The fourth-order valence-electron chi connectivity index (χ4n) is 2.11. The van der Waals surface area contributed by atoms with Gasteiger partial charge in [-0.1, -0.05) is 51.8 Å². The number of rotatable bonds is 4. The second-order valence-corrected chi connectivity index (χ2v) is 6.18. The van der Waals surface area contributed by atoms with E-state index in [4.69, 9.17) is 0 Å². The van der Waals surface area contributed by atoms with E-state index in [-0.39, 0.29) is 11.7 Å². The molecular formula is C17H17BrFNO. The van der Waals surface area contributed by atoms with Crippen molar-refractivity contribution in [1.82, 2.24) is 0 Å². The summed E-state index contributed by atoms with van der Waals surface area (Å²) >= 11 is 3.33. The summed E-state index contributed by atoms with van der Waals surface area (Å²) in [5.74, 6) is -0.466. The predicted octanol–water partition coefficient (Wildman–Crippen LogP) is 4.39. The van der Waals surface area contributed by atoms with Crippen LogP contribution in [0.2, 0.25) is 0 Å². The molecule has 1 atom stereocenters. The number of halogens is 2. The molecule has 0 heterocycles. The van der Waals surface area contributed by atoms with Gasteiger partial charge in [-0.25, -0.2) is 4.39 Å². The highest BCUT2D eigenvalue weighted by molar-refractivity contribution is 9.10. The van der Waals surface area contributed by atoms with E-state index in [1.165, 1.54) is 6.07 Å². The molecule has 1 amide bonds. The third-order valence-electron chi connectivity index (χ3n) is 3.28. The van der Waals surface area contributed by atoms with E-state index >= 15 is 0 Å². The summed E-state index contributed by atoms with van der Waals surface area (Å²) in [5.41, 5.74) is 3.46. The number of carbonyl (C=O) groups is 1. The zero-order chi connectivity index (χ0) is 15.4. The summed E-state index contributed by atoms with van der Waals surface area (Å²) in [6, 6.07) is 12.3. The molecule has 0 aliphatic heterocycles. The topological polar surface area (TPSA) is 29.1 Å². The smallest absolute Gasteiger partial charge is 0.238 e. The summed E-state index contributed by atoms with van der Waals surface area (Å²) in [6.45, 7) is 3.95. The van der Waals surface area contributed by atoms with E-state index in [0.717, 1.165) is 16.8 Å². The van der Waals surface area contributed by atoms with Gasteiger partial charge in [0.05, 0.1) is 4.83 Å². The maximum atomic E-state index is 13.6. The number of hydrogen-bond acceptors (Lipinski definition) is 1. The van der Waals surface area contributed by atoms with E-state index in [1.807, 2.05) is 32.0 Å². The van der Waals surface area contributed by atoms with E-state index in [9.17, 15) is 9.18 Å². The summed E-state index contributed by atoms with van der Waals surface area (Å²) in [4.78, 5) is 11.7. The van der Waals surface area contributed by atoms with E-state index in [0.29, 0.717) is 12.0 Å². The van der Waals surface area contributed by atoms with Gasteiger partial charge in [0.25, 0.3) is 0 Å². The van der Waals surface area contributed by atoms with Crippen LogP contribution in [-0.2, 0) is 11.2 Å². The van der Waals surface area contributed by atoms with Gasteiger partial charge in [0.15, 0.2) is 0 Å². The van der Waals surface area contributed by atoms with Crippen LogP contribution in [0.4, 0.5) is 10.1 Å². The van der Waals surface area contributed by atoms with Crippen LogP contribution in [0.15, 0.2) is 42.5 Å². The molecule has 0 aliphatic carbocycles. The highest BCUT2D eigenvalue weighted by atomic mass is 79.9. The molecule has 0 aliphatic rings. The minimum Gasteiger partial charge on any atom is -0.325 e. The number of alkyl halides is 1. The van der Waals surface area contributed by atoms with Crippen LogP contribution >= 0.6 is 15.9 Å². The standard InChI is InChI=1S/C17H17BrFNO/c1-11-7-8-16(12(2)9-11)20-17(21)14(18)10-13-5-3-4-6-15(13)19/h3-9,14H,10H2,1-2H3,(H,20,21). The molecule has 0 radical (unpaired) electrons. The van der Waals surface area contributed by atoms with Gasteiger partial charge >= 0.3 is 0 Å². The first-order chi connectivity index (χ1) is 9.97. The maximum absolute atomic E-state index is 13.6. The highest BCUT2D eigenvalue weighted by Crippen LogP contribution is 2.19. The van der Waals surface area contributed by atoms with E-state index in [1.54, 1.807) is 18.2 Å². The molecule has 21 heavy (non-hydrogen) atoms. The van der Waals surface area contributed by atoms with E-state index in [2.05, 4.69) is 21.2 Å².